The number of carbonyl (C=O) groups excluding carboxylic acids is 1. The third-order valence-electron chi connectivity index (χ3n) is 5.85. The van der Waals surface area contributed by atoms with Gasteiger partial charge in [-0.3, -0.25) is 4.79 Å². The number of oxime groups is 1. The predicted octanol–water partition coefficient (Wildman–Crippen LogP) is 3.96. The molecule has 4 nitrogen and oxygen atoms in total. The molecule has 0 saturated heterocycles. The SMILES string of the molecule is Cc1cccc(C)c1C1=NOC(C2CC2)C1COC1CCC(=O)CC1. The van der Waals surface area contributed by atoms with E-state index in [9.17, 15) is 4.79 Å². The molecule has 0 spiro atoms. The number of rotatable bonds is 5. The van der Waals surface area contributed by atoms with Crippen molar-refractivity contribution in [2.24, 2.45) is 17.0 Å². The molecule has 2 fully saturated rings. The largest absolute Gasteiger partial charge is 0.391 e. The van der Waals surface area contributed by atoms with Gasteiger partial charge in [-0.15, -0.1) is 0 Å². The van der Waals surface area contributed by atoms with Gasteiger partial charge in [0.1, 0.15) is 11.9 Å². The Kier molecular flexibility index (Phi) is 4.63. The summed E-state index contributed by atoms with van der Waals surface area (Å²) >= 11 is 0. The predicted molar refractivity (Wildman–Crippen MR) is 96.8 cm³/mol. The second-order valence-corrected chi connectivity index (χ2v) is 7.83. The molecule has 4 heteroatoms. The zero-order chi connectivity index (χ0) is 17.4. The van der Waals surface area contributed by atoms with E-state index in [4.69, 9.17) is 9.57 Å². The Bertz CT molecular complexity index is 662. The molecular weight excluding hydrogens is 314 g/mol. The molecule has 134 valence electrons. The molecule has 0 amide bonds. The van der Waals surface area contributed by atoms with Gasteiger partial charge in [0, 0.05) is 18.4 Å². The van der Waals surface area contributed by atoms with E-state index in [1.54, 1.807) is 0 Å². The quantitative estimate of drug-likeness (QED) is 0.814. The molecule has 2 saturated carbocycles. The minimum absolute atomic E-state index is 0.152. The number of ketones is 1. The summed E-state index contributed by atoms with van der Waals surface area (Å²) in [6, 6.07) is 6.37. The van der Waals surface area contributed by atoms with Crippen molar-refractivity contribution in [3.8, 4) is 0 Å². The Morgan fingerprint density at radius 2 is 1.80 bits per heavy atom. The molecule has 0 aromatic heterocycles. The van der Waals surface area contributed by atoms with E-state index >= 15 is 0 Å². The van der Waals surface area contributed by atoms with Crippen molar-refractivity contribution in [2.75, 3.05) is 6.61 Å². The lowest BCUT2D eigenvalue weighted by atomic mass is 9.86. The van der Waals surface area contributed by atoms with E-state index in [2.05, 4.69) is 37.2 Å². The second kappa shape index (κ2) is 6.91. The lowest BCUT2D eigenvalue weighted by molar-refractivity contribution is -0.123. The summed E-state index contributed by atoms with van der Waals surface area (Å²) in [6.45, 7) is 4.92. The van der Waals surface area contributed by atoms with Crippen LogP contribution in [0.1, 0.15) is 55.2 Å². The summed E-state index contributed by atoms with van der Waals surface area (Å²) < 4.78 is 6.24. The molecule has 2 atom stereocenters. The molecule has 0 bridgehead atoms. The zero-order valence-corrected chi connectivity index (χ0v) is 15.2. The van der Waals surface area contributed by atoms with E-state index in [0.717, 1.165) is 18.6 Å². The average Bonchev–Trinajstić information content (AvgIpc) is 3.36. The highest BCUT2D eigenvalue weighted by atomic mass is 16.6. The molecule has 1 heterocycles. The van der Waals surface area contributed by atoms with Crippen molar-refractivity contribution in [3.63, 3.8) is 0 Å². The molecule has 2 aliphatic carbocycles. The standard InChI is InChI=1S/C21H27NO3/c1-13-4-3-5-14(2)19(13)20-18(21(25-22-20)15-6-7-15)12-24-17-10-8-16(23)9-11-17/h3-5,15,17-18,21H,6-12H2,1-2H3. The summed E-state index contributed by atoms with van der Waals surface area (Å²) in [7, 11) is 0. The van der Waals surface area contributed by atoms with E-state index < -0.39 is 0 Å². The number of Topliss-reactive ketones (excluding diaryl/α,β-unsaturated/α-hetero) is 1. The third-order valence-corrected chi connectivity index (χ3v) is 5.85. The first-order chi connectivity index (χ1) is 12.1. The lowest BCUT2D eigenvalue weighted by Gasteiger charge is -2.26. The van der Waals surface area contributed by atoms with Gasteiger partial charge in [-0.05, 0) is 56.6 Å². The van der Waals surface area contributed by atoms with Crippen LogP contribution < -0.4 is 0 Å². The van der Waals surface area contributed by atoms with Gasteiger partial charge in [-0.2, -0.15) is 0 Å². The van der Waals surface area contributed by atoms with Crippen molar-refractivity contribution in [1.29, 1.82) is 0 Å². The Morgan fingerprint density at radius 3 is 2.44 bits per heavy atom. The van der Waals surface area contributed by atoms with Crippen molar-refractivity contribution in [3.05, 3.63) is 34.9 Å². The number of nitrogens with zero attached hydrogens (tertiary/aromatic N) is 1. The highest BCUT2D eigenvalue weighted by Crippen LogP contribution is 2.42. The van der Waals surface area contributed by atoms with Gasteiger partial charge in [0.25, 0.3) is 0 Å². The fourth-order valence-corrected chi connectivity index (χ4v) is 4.20. The third kappa shape index (κ3) is 3.50. The average molecular weight is 341 g/mol. The van der Waals surface area contributed by atoms with Crippen molar-refractivity contribution >= 4 is 11.5 Å². The van der Waals surface area contributed by atoms with Crippen LogP contribution in [0.3, 0.4) is 0 Å². The summed E-state index contributed by atoms with van der Waals surface area (Å²) in [6.07, 6.45) is 5.86. The number of benzene rings is 1. The van der Waals surface area contributed by atoms with Gasteiger partial charge in [0.2, 0.25) is 0 Å². The maximum Gasteiger partial charge on any atom is 0.141 e. The van der Waals surface area contributed by atoms with Crippen LogP contribution in [0.25, 0.3) is 0 Å². The zero-order valence-electron chi connectivity index (χ0n) is 15.2. The summed E-state index contributed by atoms with van der Waals surface area (Å²) in [4.78, 5) is 17.3. The van der Waals surface area contributed by atoms with Gasteiger partial charge in [-0.25, -0.2) is 0 Å². The maximum absolute atomic E-state index is 11.4. The summed E-state index contributed by atoms with van der Waals surface area (Å²) in [5, 5.41) is 4.51. The lowest BCUT2D eigenvalue weighted by Crippen LogP contribution is -2.33. The van der Waals surface area contributed by atoms with E-state index in [1.165, 1.54) is 29.5 Å². The monoisotopic (exact) mass is 341 g/mol. The van der Waals surface area contributed by atoms with Crippen molar-refractivity contribution in [1.82, 2.24) is 0 Å². The van der Waals surface area contributed by atoms with Crippen molar-refractivity contribution in [2.45, 2.75) is 64.6 Å². The molecule has 4 rings (SSSR count). The van der Waals surface area contributed by atoms with Crippen LogP contribution in [0.4, 0.5) is 0 Å². The minimum atomic E-state index is 0.152. The first-order valence-electron chi connectivity index (χ1n) is 9.57. The molecular formula is C21H27NO3. The van der Waals surface area contributed by atoms with E-state index in [-0.39, 0.29) is 18.1 Å². The van der Waals surface area contributed by atoms with Crippen LogP contribution in [-0.4, -0.2) is 30.3 Å². The molecule has 2 unspecified atom stereocenters. The number of carbonyl (C=O) groups is 1. The molecule has 0 radical (unpaired) electrons. The van der Waals surface area contributed by atoms with Crippen molar-refractivity contribution < 1.29 is 14.4 Å². The van der Waals surface area contributed by atoms with Crippen LogP contribution >= 0.6 is 0 Å². The highest BCUT2D eigenvalue weighted by Gasteiger charge is 2.45. The topological polar surface area (TPSA) is 47.9 Å². The Morgan fingerprint density at radius 1 is 1.12 bits per heavy atom. The molecule has 0 N–H and O–H groups in total. The fourth-order valence-electron chi connectivity index (χ4n) is 4.20. The Labute approximate surface area is 149 Å². The fraction of sp³-hybridized carbons (Fsp3) is 0.619. The van der Waals surface area contributed by atoms with Crippen LogP contribution in [0.5, 0.6) is 0 Å². The summed E-state index contributed by atoms with van der Waals surface area (Å²) in [5.41, 5.74) is 4.76. The molecule has 3 aliphatic rings. The Hall–Kier alpha value is -1.68. The Balaban J connectivity index is 1.51. The molecule has 1 aromatic carbocycles. The van der Waals surface area contributed by atoms with Crippen LogP contribution in [-0.2, 0) is 14.4 Å². The van der Waals surface area contributed by atoms with Crippen LogP contribution in [0.2, 0.25) is 0 Å². The number of hydrogen-bond acceptors (Lipinski definition) is 4. The minimum Gasteiger partial charge on any atom is -0.391 e. The second-order valence-electron chi connectivity index (χ2n) is 7.83. The first kappa shape index (κ1) is 16.8. The van der Waals surface area contributed by atoms with Gasteiger partial charge >= 0.3 is 0 Å². The number of hydrogen-bond donors (Lipinski definition) is 0. The molecule has 25 heavy (non-hydrogen) atoms. The smallest absolute Gasteiger partial charge is 0.141 e. The molecule has 1 aromatic rings. The van der Waals surface area contributed by atoms with E-state index in [0.29, 0.717) is 31.1 Å². The van der Waals surface area contributed by atoms with Gasteiger partial charge < -0.3 is 9.57 Å². The number of aryl methyl sites for hydroxylation is 2. The van der Waals surface area contributed by atoms with Gasteiger partial charge in [-0.1, -0.05) is 23.4 Å². The van der Waals surface area contributed by atoms with Crippen LogP contribution in [0, 0.1) is 25.7 Å². The van der Waals surface area contributed by atoms with Gasteiger partial charge in [0.05, 0.1) is 24.3 Å². The highest BCUT2D eigenvalue weighted by molar-refractivity contribution is 6.05. The number of ether oxygens (including phenoxy) is 1. The van der Waals surface area contributed by atoms with Crippen LogP contribution in [0.15, 0.2) is 23.4 Å². The summed E-state index contributed by atoms with van der Waals surface area (Å²) in [5.74, 6) is 1.19. The molecule has 1 aliphatic heterocycles. The normalized spacial score (nSPS) is 27.3. The maximum atomic E-state index is 11.4. The van der Waals surface area contributed by atoms with E-state index in [1.807, 2.05) is 0 Å². The first-order valence-corrected chi connectivity index (χ1v) is 9.57. The van der Waals surface area contributed by atoms with Gasteiger partial charge in [0.15, 0.2) is 0 Å².